The van der Waals surface area contributed by atoms with E-state index in [2.05, 4.69) is 123 Å². The summed E-state index contributed by atoms with van der Waals surface area (Å²) in [6.07, 6.45) is 0. The molecule has 0 heterocycles. The van der Waals surface area contributed by atoms with Crippen LogP contribution in [-0.2, 0) is 0 Å². The average Bonchev–Trinajstić information content (AvgIpc) is 2.77. The van der Waals surface area contributed by atoms with Crippen LogP contribution in [0.1, 0.15) is 57.1 Å². The summed E-state index contributed by atoms with van der Waals surface area (Å²) in [5, 5.41) is 0. The first kappa shape index (κ1) is 18.9. The molecule has 0 spiro atoms. The minimum Gasteiger partial charge on any atom is -0.0622 e. The summed E-state index contributed by atoms with van der Waals surface area (Å²) in [5.41, 5.74) is 8.43. The summed E-state index contributed by atoms with van der Waals surface area (Å²) in [7, 11) is 0. The van der Waals surface area contributed by atoms with Crippen LogP contribution in [0.3, 0.4) is 0 Å². The van der Waals surface area contributed by atoms with Gasteiger partial charge in [-0.3, -0.25) is 0 Å². The first-order valence-electron chi connectivity index (χ1n) is 11.0. The molecule has 0 atom stereocenters. The SMILES string of the molecule is Cc1ccc(C2C(c3ccccc3)C(c3ccc(C)cc3)C2c2ccccc2)cc1. The van der Waals surface area contributed by atoms with Gasteiger partial charge in [-0.05, 0) is 59.8 Å². The molecule has 1 saturated carbocycles. The Morgan fingerprint density at radius 1 is 0.333 bits per heavy atom. The smallest absolute Gasteiger partial charge is 0.00120 e. The molecule has 0 unspecified atom stereocenters. The Balaban J connectivity index is 1.67. The van der Waals surface area contributed by atoms with Crippen molar-refractivity contribution in [1.82, 2.24) is 0 Å². The Bertz CT molecular complexity index is 991. The lowest BCUT2D eigenvalue weighted by Crippen LogP contribution is -2.40. The zero-order chi connectivity index (χ0) is 20.5. The Morgan fingerprint density at radius 2 is 0.600 bits per heavy atom. The Morgan fingerprint density at radius 3 is 0.900 bits per heavy atom. The van der Waals surface area contributed by atoms with Gasteiger partial charge in [-0.1, -0.05) is 120 Å². The van der Waals surface area contributed by atoms with Crippen molar-refractivity contribution in [2.24, 2.45) is 0 Å². The van der Waals surface area contributed by atoms with Crippen LogP contribution in [0.5, 0.6) is 0 Å². The highest BCUT2D eigenvalue weighted by Crippen LogP contribution is 2.66. The first-order valence-corrected chi connectivity index (χ1v) is 11.0. The first-order chi connectivity index (χ1) is 14.7. The van der Waals surface area contributed by atoms with Crippen molar-refractivity contribution in [2.75, 3.05) is 0 Å². The van der Waals surface area contributed by atoms with E-state index in [1.165, 1.54) is 33.4 Å². The van der Waals surface area contributed by atoms with Crippen LogP contribution in [0.15, 0.2) is 109 Å². The monoisotopic (exact) mass is 388 g/mol. The number of rotatable bonds is 4. The minimum absolute atomic E-state index is 0.474. The van der Waals surface area contributed by atoms with Gasteiger partial charge in [0.25, 0.3) is 0 Å². The molecule has 0 N–H and O–H groups in total. The van der Waals surface area contributed by atoms with Crippen LogP contribution < -0.4 is 0 Å². The maximum atomic E-state index is 2.34. The minimum atomic E-state index is 0.474. The molecule has 0 aliphatic heterocycles. The van der Waals surface area contributed by atoms with Crippen molar-refractivity contribution in [3.05, 3.63) is 143 Å². The van der Waals surface area contributed by atoms with Crippen LogP contribution in [0.4, 0.5) is 0 Å². The van der Waals surface area contributed by atoms with Gasteiger partial charge in [0.2, 0.25) is 0 Å². The highest BCUT2D eigenvalue weighted by Gasteiger charge is 2.52. The largest absolute Gasteiger partial charge is 0.0622 e. The molecule has 0 amide bonds. The summed E-state index contributed by atoms with van der Waals surface area (Å²) < 4.78 is 0. The summed E-state index contributed by atoms with van der Waals surface area (Å²) in [5.74, 6) is 1.90. The molecule has 4 aromatic rings. The van der Waals surface area contributed by atoms with E-state index in [-0.39, 0.29) is 0 Å². The normalized spacial score (nSPS) is 23.0. The Labute approximate surface area is 180 Å². The van der Waals surface area contributed by atoms with Crippen molar-refractivity contribution in [2.45, 2.75) is 37.5 Å². The molecule has 5 rings (SSSR count). The van der Waals surface area contributed by atoms with Gasteiger partial charge in [-0.2, -0.15) is 0 Å². The summed E-state index contributed by atoms with van der Waals surface area (Å²) >= 11 is 0. The molecular weight excluding hydrogens is 360 g/mol. The molecule has 0 heteroatoms. The van der Waals surface area contributed by atoms with Gasteiger partial charge >= 0.3 is 0 Å². The highest BCUT2D eigenvalue weighted by molar-refractivity contribution is 5.48. The van der Waals surface area contributed by atoms with Crippen LogP contribution in [0.25, 0.3) is 0 Å². The van der Waals surface area contributed by atoms with Crippen LogP contribution in [0, 0.1) is 13.8 Å². The molecule has 0 bridgehead atoms. The van der Waals surface area contributed by atoms with Crippen molar-refractivity contribution in [1.29, 1.82) is 0 Å². The summed E-state index contributed by atoms with van der Waals surface area (Å²) in [6.45, 7) is 4.34. The van der Waals surface area contributed by atoms with Gasteiger partial charge in [0.05, 0.1) is 0 Å². The topological polar surface area (TPSA) is 0 Å². The van der Waals surface area contributed by atoms with E-state index in [9.17, 15) is 0 Å². The third-order valence-corrected chi connectivity index (χ3v) is 6.84. The number of hydrogen-bond donors (Lipinski definition) is 0. The van der Waals surface area contributed by atoms with E-state index < -0.39 is 0 Å². The lowest BCUT2D eigenvalue weighted by Gasteiger charge is -2.54. The van der Waals surface area contributed by atoms with Gasteiger partial charge < -0.3 is 0 Å². The molecule has 0 aromatic heterocycles. The van der Waals surface area contributed by atoms with E-state index in [1.807, 2.05) is 0 Å². The second-order valence-corrected chi connectivity index (χ2v) is 8.75. The zero-order valence-corrected chi connectivity index (χ0v) is 17.7. The van der Waals surface area contributed by atoms with E-state index in [0.29, 0.717) is 23.7 Å². The lowest BCUT2D eigenvalue weighted by molar-refractivity contribution is 0.229. The number of hydrogen-bond acceptors (Lipinski definition) is 0. The average molecular weight is 389 g/mol. The molecule has 0 saturated heterocycles. The van der Waals surface area contributed by atoms with Crippen LogP contribution in [0.2, 0.25) is 0 Å². The Hall–Kier alpha value is -3.12. The van der Waals surface area contributed by atoms with Gasteiger partial charge in [0.1, 0.15) is 0 Å². The fraction of sp³-hybridized carbons (Fsp3) is 0.200. The van der Waals surface area contributed by atoms with Crippen LogP contribution in [-0.4, -0.2) is 0 Å². The molecule has 1 aliphatic carbocycles. The molecule has 1 aliphatic rings. The summed E-state index contributed by atoms with van der Waals surface area (Å²) in [4.78, 5) is 0. The van der Waals surface area contributed by atoms with Gasteiger partial charge in [0, 0.05) is 0 Å². The van der Waals surface area contributed by atoms with Crippen molar-refractivity contribution in [3.8, 4) is 0 Å². The Kier molecular flexibility index (Phi) is 5.01. The van der Waals surface area contributed by atoms with E-state index in [1.54, 1.807) is 0 Å². The highest BCUT2D eigenvalue weighted by atomic mass is 14.5. The maximum absolute atomic E-state index is 2.34. The predicted octanol–water partition coefficient (Wildman–Crippen LogP) is 7.75. The van der Waals surface area contributed by atoms with E-state index in [4.69, 9.17) is 0 Å². The lowest BCUT2D eigenvalue weighted by atomic mass is 9.49. The van der Waals surface area contributed by atoms with Crippen molar-refractivity contribution >= 4 is 0 Å². The predicted molar refractivity (Wildman–Crippen MR) is 126 cm³/mol. The molecular formula is C30H28. The standard InChI is InChI=1S/C30H28/c1-21-13-17-25(18-14-21)29-27(23-9-5-3-6-10-23)30(26-19-15-22(2)16-20-26)28(29)24-11-7-4-8-12-24/h3-20,27-30H,1-2H3. The summed E-state index contributed by atoms with van der Waals surface area (Å²) in [6, 6.07) is 40.7. The van der Waals surface area contributed by atoms with Gasteiger partial charge in [-0.25, -0.2) is 0 Å². The van der Waals surface area contributed by atoms with Gasteiger partial charge in [0.15, 0.2) is 0 Å². The second kappa shape index (κ2) is 7.95. The van der Waals surface area contributed by atoms with E-state index >= 15 is 0 Å². The number of benzene rings is 4. The maximum Gasteiger partial charge on any atom is -0.00120 e. The molecule has 30 heavy (non-hydrogen) atoms. The van der Waals surface area contributed by atoms with E-state index in [0.717, 1.165) is 0 Å². The fourth-order valence-electron chi connectivity index (χ4n) is 5.33. The van der Waals surface area contributed by atoms with Gasteiger partial charge in [-0.15, -0.1) is 0 Å². The molecule has 4 aromatic carbocycles. The second-order valence-electron chi connectivity index (χ2n) is 8.75. The fourth-order valence-corrected chi connectivity index (χ4v) is 5.33. The molecule has 148 valence electrons. The third kappa shape index (κ3) is 3.37. The quantitative estimate of drug-likeness (QED) is 0.335. The van der Waals surface area contributed by atoms with Crippen molar-refractivity contribution < 1.29 is 0 Å². The van der Waals surface area contributed by atoms with Crippen molar-refractivity contribution in [3.63, 3.8) is 0 Å². The molecule has 1 fully saturated rings. The third-order valence-electron chi connectivity index (χ3n) is 6.84. The zero-order valence-electron chi connectivity index (χ0n) is 17.7. The van der Waals surface area contributed by atoms with Crippen LogP contribution >= 0.6 is 0 Å². The molecule has 0 radical (unpaired) electrons. The number of aryl methyl sites for hydroxylation is 2. The molecule has 0 nitrogen and oxygen atoms in total.